The fraction of sp³-hybridized carbons (Fsp3) is 0.333. The molecule has 31 heavy (non-hydrogen) atoms. The molecule has 1 fully saturated rings. The summed E-state index contributed by atoms with van der Waals surface area (Å²) in [5.41, 5.74) is 3.04. The minimum atomic E-state index is -0.107. The molecule has 7 nitrogen and oxygen atoms in total. The summed E-state index contributed by atoms with van der Waals surface area (Å²) in [6, 6.07) is 11.6. The lowest BCUT2D eigenvalue weighted by Gasteiger charge is -2.39. The first-order chi connectivity index (χ1) is 15.2. The third-order valence-corrected chi connectivity index (χ3v) is 6.09. The van der Waals surface area contributed by atoms with Crippen LogP contribution in [0.2, 0.25) is 0 Å². The molecule has 1 unspecified atom stereocenters. The third kappa shape index (κ3) is 3.65. The zero-order chi connectivity index (χ0) is 21.4. The molecule has 2 aliphatic rings. The average molecular weight is 419 g/mol. The number of pyridine rings is 1. The van der Waals surface area contributed by atoms with Crippen molar-refractivity contribution in [3.05, 3.63) is 70.8 Å². The first-order valence-electron chi connectivity index (χ1n) is 10.4. The van der Waals surface area contributed by atoms with Gasteiger partial charge in [0.1, 0.15) is 5.65 Å². The fourth-order valence-corrected chi connectivity index (χ4v) is 4.15. The molecule has 5 rings (SSSR count). The Bertz CT molecular complexity index is 1200. The van der Waals surface area contributed by atoms with Crippen molar-refractivity contribution in [2.24, 2.45) is 0 Å². The summed E-state index contributed by atoms with van der Waals surface area (Å²) in [4.78, 5) is 20.0. The van der Waals surface area contributed by atoms with Crippen LogP contribution in [-0.2, 0) is 4.74 Å². The Morgan fingerprint density at radius 1 is 1.06 bits per heavy atom. The van der Waals surface area contributed by atoms with Crippen molar-refractivity contribution in [3.63, 3.8) is 0 Å². The highest BCUT2D eigenvalue weighted by Gasteiger charge is 2.26. The summed E-state index contributed by atoms with van der Waals surface area (Å²) >= 11 is 0. The van der Waals surface area contributed by atoms with Gasteiger partial charge in [0.25, 0.3) is 5.56 Å². The Morgan fingerprint density at radius 2 is 1.90 bits per heavy atom. The lowest BCUT2D eigenvalue weighted by Crippen LogP contribution is -2.47. The average Bonchev–Trinajstić information content (AvgIpc) is 2.77. The van der Waals surface area contributed by atoms with Crippen molar-refractivity contribution in [2.75, 3.05) is 34.0 Å². The Balaban J connectivity index is 1.45. The van der Waals surface area contributed by atoms with Crippen molar-refractivity contribution in [1.82, 2.24) is 14.3 Å². The number of nitrogens with zero attached hydrogens (tertiary/aromatic N) is 3. The maximum atomic E-state index is 12.9. The number of methoxy groups -OCH3 is 2. The van der Waals surface area contributed by atoms with E-state index in [2.05, 4.69) is 23.2 Å². The Kier molecular flexibility index (Phi) is 5.11. The van der Waals surface area contributed by atoms with Crippen LogP contribution < -0.4 is 15.0 Å². The van der Waals surface area contributed by atoms with Crippen LogP contribution in [0.4, 0.5) is 0 Å². The first-order valence-corrected chi connectivity index (χ1v) is 10.4. The zero-order valence-corrected chi connectivity index (χ0v) is 17.7. The van der Waals surface area contributed by atoms with Crippen LogP contribution in [0.5, 0.6) is 11.5 Å². The van der Waals surface area contributed by atoms with Gasteiger partial charge in [-0.2, -0.15) is 0 Å². The summed E-state index contributed by atoms with van der Waals surface area (Å²) in [7, 11) is 3.18. The molecule has 0 amide bonds. The number of fused-ring (bicyclic) bond motifs is 1. The molecule has 0 radical (unpaired) electrons. The standard InChI is InChI=1S/C24H25N3O4/c1-29-21-5-3-17(11-22(21)30-2)20-12-24(28)27-13-18(4-6-23(27)25-20)16-7-9-26(10-8-16)19-14-31-15-19/h3-7,9,11-13,16,19H,8,10,14-15H2,1-2H3. The number of hydrogen-bond donors (Lipinski definition) is 0. The molecule has 4 heterocycles. The van der Waals surface area contributed by atoms with Crippen molar-refractivity contribution >= 4 is 5.65 Å². The van der Waals surface area contributed by atoms with E-state index in [4.69, 9.17) is 19.2 Å². The van der Waals surface area contributed by atoms with Crippen LogP contribution in [0.25, 0.3) is 16.9 Å². The van der Waals surface area contributed by atoms with Gasteiger partial charge in [-0.3, -0.25) is 9.20 Å². The number of rotatable bonds is 5. The molecule has 0 saturated carbocycles. The molecule has 0 aliphatic carbocycles. The van der Waals surface area contributed by atoms with Crippen molar-refractivity contribution < 1.29 is 14.2 Å². The number of benzene rings is 1. The minimum Gasteiger partial charge on any atom is -0.493 e. The van der Waals surface area contributed by atoms with E-state index in [1.165, 1.54) is 0 Å². The van der Waals surface area contributed by atoms with Crippen LogP contribution >= 0.6 is 0 Å². The molecule has 1 saturated heterocycles. The highest BCUT2D eigenvalue weighted by atomic mass is 16.5. The highest BCUT2D eigenvalue weighted by Crippen LogP contribution is 2.32. The van der Waals surface area contributed by atoms with Gasteiger partial charge in [0.05, 0.1) is 39.2 Å². The normalized spacial score (nSPS) is 18.8. The van der Waals surface area contributed by atoms with Gasteiger partial charge in [0, 0.05) is 30.3 Å². The first kappa shape index (κ1) is 19.6. The quantitative estimate of drug-likeness (QED) is 0.633. The number of allylic oxidation sites excluding steroid dienone is 1. The Morgan fingerprint density at radius 3 is 2.58 bits per heavy atom. The van der Waals surface area contributed by atoms with E-state index < -0.39 is 0 Å². The number of ether oxygens (including phenoxy) is 3. The van der Waals surface area contributed by atoms with E-state index in [-0.39, 0.29) is 5.56 Å². The molecular formula is C24H25N3O4. The molecule has 0 spiro atoms. The highest BCUT2D eigenvalue weighted by molar-refractivity contribution is 5.65. The smallest absolute Gasteiger partial charge is 0.258 e. The van der Waals surface area contributed by atoms with Crippen LogP contribution in [0.15, 0.2) is 59.7 Å². The summed E-state index contributed by atoms with van der Waals surface area (Å²) in [6.07, 6.45) is 7.33. The SMILES string of the molecule is COc1ccc(-c2cc(=O)n3cc(C4C=CN(C5COC5)CC4)ccc3n2)cc1OC. The van der Waals surface area contributed by atoms with Crippen LogP contribution in [-0.4, -0.2) is 54.3 Å². The second-order valence-corrected chi connectivity index (χ2v) is 7.91. The largest absolute Gasteiger partial charge is 0.493 e. The van der Waals surface area contributed by atoms with E-state index in [1.54, 1.807) is 24.7 Å². The lowest BCUT2D eigenvalue weighted by atomic mass is 9.94. The summed E-state index contributed by atoms with van der Waals surface area (Å²) in [5.74, 6) is 1.53. The fourth-order valence-electron chi connectivity index (χ4n) is 4.15. The van der Waals surface area contributed by atoms with Crippen molar-refractivity contribution in [2.45, 2.75) is 18.4 Å². The maximum absolute atomic E-state index is 12.9. The van der Waals surface area contributed by atoms with Gasteiger partial charge in [-0.15, -0.1) is 0 Å². The van der Waals surface area contributed by atoms with Gasteiger partial charge in [-0.1, -0.05) is 12.1 Å². The molecular weight excluding hydrogens is 394 g/mol. The molecule has 1 aromatic carbocycles. The topological polar surface area (TPSA) is 65.3 Å². The summed E-state index contributed by atoms with van der Waals surface area (Å²) in [5, 5.41) is 0. The monoisotopic (exact) mass is 419 g/mol. The van der Waals surface area contributed by atoms with E-state index in [0.717, 1.165) is 37.3 Å². The van der Waals surface area contributed by atoms with E-state index >= 15 is 0 Å². The summed E-state index contributed by atoms with van der Waals surface area (Å²) < 4.78 is 17.6. The third-order valence-electron chi connectivity index (χ3n) is 6.09. The van der Waals surface area contributed by atoms with E-state index in [9.17, 15) is 4.79 Å². The van der Waals surface area contributed by atoms with E-state index in [1.807, 2.05) is 30.5 Å². The second-order valence-electron chi connectivity index (χ2n) is 7.91. The summed E-state index contributed by atoms with van der Waals surface area (Å²) in [6.45, 7) is 2.63. The maximum Gasteiger partial charge on any atom is 0.258 e. The number of hydrogen-bond acceptors (Lipinski definition) is 6. The minimum absolute atomic E-state index is 0.107. The van der Waals surface area contributed by atoms with Gasteiger partial charge in [0.2, 0.25) is 0 Å². The van der Waals surface area contributed by atoms with Crippen LogP contribution in [0, 0.1) is 0 Å². The molecule has 7 heteroatoms. The molecule has 1 atom stereocenters. The number of aromatic nitrogens is 2. The van der Waals surface area contributed by atoms with Crippen LogP contribution in [0.1, 0.15) is 17.9 Å². The van der Waals surface area contributed by atoms with Crippen molar-refractivity contribution in [3.8, 4) is 22.8 Å². The molecule has 3 aromatic rings. The van der Waals surface area contributed by atoms with Gasteiger partial charge in [-0.25, -0.2) is 4.98 Å². The second kappa shape index (κ2) is 8.07. The Labute approximate surface area is 180 Å². The molecule has 0 N–H and O–H groups in total. The van der Waals surface area contributed by atoms with Crippen molar-refractivity contribution in [1.29, 1.82) is 0 Å². The van der Waals surface area contributed by atoms with Crippen LogP contribution in [0.3, 0.4) is 0 Å². The van der Waals surface area contributed by atoms with Gasteiger partial charge in [0.15, 0.2) is 11.5 Å². The van der Waals surface area contributed by atoms with Gasteiger partial charge >= 0.3 is 0 Å². The predicted molar refractivity (Wildman–Crippen MR) is 118 cm³/mol. The predicted octanol–water partition coefficient (Wildman–Crippen LogP) is 3.08. The molecule has 160 valence electrons. The van der Waals surface area contributed by atoms with E-state index in [0.29, 0.717) is 34.8 Å². The molecule has 2 aliphatic heterocycles. The Hall–Kier alpha value is -3.32. The lowest BCUT2D eigenvalue weighted by molar-refractivity contribution is -0.0503. The molecule has 2 aromatic heterocycles. The zero-order valence-electron chi connectivity index (χ0n) is 17.7. The molecule has 0 bridgehead atoms. The van der Waals surface area contributed by atoms with Gasteiger partial charge in [-0.05, 0) is 42.4 Å². The van der Waals surface area contributed by atoms with Gasteiger partial charge < -0.3 is 19.1 Å².